The Morgan fingerprint density at radius 3 is 3.21 bits per heavy atom. The molecule has 1 N–H and O–H groups in total. The van der Waals surface area contributed by atoms with Crippen molar-refractivity contribution in [3.8, 4) is 0 Å². The zero-order valence-electron chi connectivity index (χ0n) is 8.54. The van der Waals surface area contributed by atoms with E-state index in [0.29, 0.717) is 6.61 Å². The molecule has 4 heteroatoms. The van der Waals surface area contributed by atoms with Crippen molar-refractivity contribution < 1.29 is 9.53 Å². The molecule has 2 unspecified atom stereocenters. The molecule has 0 aromatic heterocycles. The van der Waals surface area contributed by atoms with Gasteiger partial charge in [-0.3, -0.25) is 4.79 Å². The van der Waals surface area contributed by atoms with Crippen LogP contribution in [0.25, 0.3) is 0 Å². The van der Waals surface area contributed by atoms with Crippen LogP contribution in [0.1, 0.15) is 13.3 Å². The molecule has 0 saturated carbocycles. The summed E-state index contributed by atoms with van der Waals surface area (Å²) in [5.41, 5.74) is 0.205. The first-order valence-corrected chi connectivity index (χ1v) is 6.39. The van der Waals surface area contributed by atoms with Gasteiger partial charge in [0.05, 0.1) is 12.5 Å². The van der Waals surface area contributed by atoms with Gasteiger partial charge in [-0.2, -0.15) is 11.8 Å². The van der Waals surface area contributed by atoms with Crippen LogP contribution in [0, 0.1) is 11.3 Å². The number of rotatable bonds is 2. The molecule has 80 valence electrons. The lowest BCUT2D eigenvalue weighted by molar-refractivity contribution is -0.150. The van der Waals surface area contributed by atoms with Crippen molar-refractivity contribution in [3.05, 3.63) is 0 Å². The van der Waals surface area contributed by atoms with E-state index in [1.807, 2.05) is 18.7 Å². The fourth-order valence-electron chi connectivity index (χ4n) is 2.42. The van der Waals surface area contributed by atoms with Gasteiger partial charge in [0.1, 0.15) is 0 Å². The third kappa shape index (κ3) is 1.65. The summed E-state index contributed by atoms with van der Waals surface area (Å²) in [6.07, 6.45) is 1.16. The maximum atomic E-state index is 11.7. The van der Waals surface area contributed by atoms with E-state index in [4.69, 9.17) is 4.74 Å². The number of ether oxygens (including phenoxy) is 1. The molecule has 0 aromatic rings. The van der Waals surface area contributed by atoms with Crippen LogP contribution in [0.2, 0.25) is 0 Å². The Morgan fingerprint density at radius 2 is 2.57 bits per heavy atom. The topological polar surface area (TPSA) is 38.3 Å². The molecule has 2 fully saturated rings. The minimum atomic E-state index is 0.000000000000000666. The van der Waals surface area contributed by atoms with Gasteiger partial charge in [0.2, 0.25) is 0 Å². The SMILES string of the molecule is CCOC(=O)C1CNCC12CCSC2. The molecule has 2 saturated heterocycles. The predicted molar refractivity (Wildman–Crippen MR) is 57.4 cm³/mol. The Balaban J connectivity index is 2.06. The van der Waals surface area contributed by atoms with Crippen LogP contribution in [0.15, 0.2) is 0 Å². The zero-order valence-corrected chi connectivity index (χ0v) is 9.36. The molecule has 1 spiro atoms. The molecule has 0 amide bonds. The van der Waals surface area contributed by atoms with E-state index in [2.05, 4.69) is 5.32 Å². The van der Waals surface area contributed by atoms with Crippen molar-refractivity contribution in [2.24, 2.45) is 11.3 Å². The van der Waals surface area contributed by atoms with Gasteiger partial charge >= 0.3 is 5.97 Å². The maximum absolute atomic E-state index is 11.7. The average molecular weight is 215 g/mol. The van der Waals surface area contributed by atoms with Gasteiger partial charge in [-0.15, -0.1) is 0 Å². The van der Waals surface area contributed by atoms with Crippen LogP contribution in [-0.2, 0) is 9.53 Å². The normalized spacial score (nSPS) is 36.5. The first kappa shape index (κ1) is 10.3. The summed E-state index contributed by atoms with van der Waals surface area (Å²) in [6, 6.07) is 0. The van der Waals surface area contributed by atoms with Crippen molar-refractivity contribution in [1.82, 2.24) is 5.32 Å². The second kappa shape index (κ2) is 4.11. The summed E-state index contributed by atoms with van der Waals surface area (Å²) in [7, 11) is 0. The summed E-state index contributed by atoms with van der Waals surface area (Å²) in [6.45, 7) is 4.16. The highest BCUT2D eigenvalue weighted by Crippen LogP contribution is 2.44. The van der Waals surface area contributed by atoms with E-state index >= 15 is 0 Å². The Bertz CT molecular complexity index is 221. The van der Waals surface area contributed by atoms with Gasteiger partial charge in [0.15, 0.2) is 0 Å². The number of carbonyl (C=O) groups excluding carboxylic acids is 1. The first-order chi connectivity index (χ1) is 6.78. The lowest BCUT2D eigenvalue weighted by atomic mass is 9.78. The summed E-state index contributed by atoms with van der Waals surface area (Å²) in [5, 5.41) is 3.33. The lowest BCUT2D eigenvalue weighted by Gasteiger charge is -2.27. The molecule has 2 atom stereocenters. The van der Waals surface area contributed by atoms with Gasteiger partial charge in [-0.1, -0.05) is 0 Å². The molecule has 2 rings (SSSR count). The predicted octanol–water partition coefficient (Wildman–Crippen LogP) is 0.892. The molecule has 0 aliphatic carbocycles. The standard InChI is InChI=1S/C10H17NO2S/c1-2-13-9(12)8-5-11-6-10(8)3-4-14-7-10/h8,11H,2-7H2,1H3. The molecule has 2 aliphatic rings. The highest BCUT2D eigenvalue weighted by atomic mass is 32.2. The van der Waals surface area contributed by atoms with Crippen LogP contribution in [0.5, 0.6) is 0 Å². The maximum Gasteiger partial charge on any atom is 0.310 e. The Kier molecular flexibility index (Phi) is 3.02. The van der Waals surface area contributed by atoms with Gasteiger partial charge < -0.3 is 10.1 Å². The largest absolute Gasteiger partial charge is 0.466 e. The highest BCUT2D eigenvalue weighted by Gasteiger charge is 2.49. The van der Waals surface area contributed by atoms with Crippen LogP contribution in [0.4, 0.5) is 0 Å². The summed E-state index contributed by atoms with van der Waals surface area (Å²) >= 11 is 1.96. The van der Waals surface area contributed by atoms with Crippen LogP contribution in [-0.4, -0.2) is 37.2 Å². The molecule has 0 radical (unpaired) electrons. The van der Waals surface area contributed by atoms with E-state index in [1.165, 1.54) is 5.75 Å². The molecule has 0 aromatic carbocycles. The molecule has 3 nitrogen and oxygen atoms in total. The quantitative estimate of drug-likeness (QED) is 0.694. The minimum absolute atomic E-state index is 0.000000000000000666. The van der Waals surface area contributed by atoms with Gasteiger partial charge in [-0.25, -0.2) is 0 Å². The molecular weight excluding hydrogens is 198 g/mol. The highest BCUT2D eigenvalue weighted by molar-refractivity contribution is 7.99. The number of esters is 1. The van der Waals surface area contributed by atoms with E-state index in [-0.39, 0.29) is 17.3 Å². The zero-order chi connectivity index (χ0) is 10.0. The number of thioether (sulfide) groups is 1. The fraction of sp³-hybridized carbons (Fsp3) is 0.900. The number of hydrogen-bond donors (Lipinski definition) is 1. The van der Waals surface area contributed by atoms with Gasteiger partial charge in [-0.05, 0) is 19.1 Å². The summed E-state index contributed by atoms with van der Waals surface area (Å²) in [4.78, 5) is 11.7. The summed E-state index contributed by atoms with van der Waals surface area (Å²) in [5.74, 6) is 2.40. The van der Waals surface area contributed by atoms with Crippen LogP contribution < -0.4 is 5.32 Å². The van der Waals surface area contributed by atoms with Crippen molar-refractivity contribution in [2.45, 2.75) is 13.3 Å². The van der Waals surface area contributed by atoms with E-state index in [1.54, 1.807) is 0 Å². The third-order valence-corrected chi connectivity index (χ3v) is 4.54. The minimum Gasteiger partial charge on any atom is -0.466 e. The Morgan fingerprint density at radius 1 is 1.71 bits per heavy atom. The molecule has 0 bridgehead atoms. The summed E-state index contributed by atoms with van der Waals surface area (Å²) < 4.78 is 5.12. The van der Waals surface area contributed by atoms with Crippen molar-refractivity contribution in [1.29, 1.82) is 0 Å². The fourth-order valence-corrected chi connectivity index (χ4v) is 3.97. The second-order valence-corrected chi connectivity index (χ2v) is 5.21. The van der Waals surface area contributed by atoms with Gasteiger partial charge in [0, 0.05) is 24.3 Å². The average Bonchev–Trinajstić information content (AvgIpc) is 2.78. The van der Waals surface area contributed by atoms with Crippen LogP contribution in [0.3, 0.4) is 0 Å². The number of hydrogen-bond acceptors (Lipinski definition) is 4. The third-order valence-electron chi connectivity index (χ3n) is 3.27. The van der Waals surface area contributed by atoms with E-state index < -0.39 is 0 Å². The van der Waals surface area contributed by atoms with Crippen molar-refractivity contribution >= 4 is 17.7 Å². The van der Waals surface area contributed by atoms with E-state index in [0.717, 1.165) is 25.3 Å². The smallest absolute Gasteiger partial charge is 0.310 e. The molecule has 2 heterocycles. The Hall–Kier alpha value is -0.220. The lowest BCUT2D eigenvalue weighted by Crippen LogP contribution is -2.36. The number of carbonyl (C=O) groups is 1. The molecule has 2 aliphatic heterocycles. The molecule has 14 heavy (non-hydrogen) atoms. The number of nitrogens with one attached hydrogen (secondary N) is 1. The van der Waals surface area contributed by atoms with Crippen LogP contribution >= 0.6 is 11.8 Å². The van der Waals surface area contributed by atoms with Gasteiger partial charge in [0.25, 0.3) is 0 Å². The molecular formula is C10H17NO2S. The Labute approximate surface area is 89.0 Å². The monoisotopic (exact) mass is 215 g/mol. The second-order valence-electron chi connectivity index (χ2n) is 4.10. The van der Waals surface area contributed by atoms with E-state index in [9.17, 15) is 4.79 Å². The van der Waals surface area contributed by atoms with Crippen molar-refractivity contribution in [2.75, 3.05) is 31.2 Å². The van der Waals surface area contributed by atoms with Crippen molar-refractivity contribution in [3.63, 3.8) is 0 Å². The first-order valence-electron chi connectivity index (χ1n) is 5.23.